The highest BCUT2D eigenvalue weighted by atomic mass is 79.9. The number of rotatable bonds is 3. The van der Waals surface area contributed by atoms with Crippen LogP contribution in [-0.2, 0) is 6.54 Å². The molecule has 18 heavy (non-hydrogen) atoms. The van der Waals surface area contributed by atoms with Crippen molar-refractivity contribution in [1.29, 1.82) is 0 Å². The number of hydrogen-bond donors (Lipinski definition) is 0. The molecule has 4 heteroatoms. The Morgan fingerprint density at radius 3 is 2.50 bits per heavy atom. The first-order chi connectivity index (χ1) is 8.15. The topological polar surface area (TPSA) is 20.9 Å². The predicted molar refractivity (Wildman–Crippen MR) is 69.8 cm³/mol. The Kier molecular flexibility index (Phi) is 5.69. The molecule has 1 aromatic heterocycles. The number of carbonyl (C=O) groups is 1. The summed E-state index contributed by atoms with van der Waals surface area (Å²) in [5, 5.41) is 0. The molecule has 0 aliphatic heterocycles. The van der Waals surface area contributed by atoms with Gasteiger partial charge in [0.2, 0.25) is 12.3 Å². The van der Waals surface area contributed by atoms with Gasteiger partial charge >= 0.3 is 0 Å². The van der Waals surface area contributed by atoms with Crippen molar-refractivity contribution in [3.05, 3.63) is 64.4 Å². The zero-order valence-corrected chi connectivity index (χ0v) is 13.1. The van der Waals surface area contributed by atoms with Crippen LogP contribution in [0.15, 0.2) is 53.3 Å². The van der Waals surface area contributed by atoms with Crippen molar-refractivity contribution in [2.24, 2.45) is 0 Å². The number of Topliss-reactive ketones (excluding diaryl/α,β-unsaturated/α-hetero) is 1. The molecule has 0 radical (unpaired) electrons. The van der Waals surface area contributed by atoms with Gasteiger partial charge in [0.25, 0.3) is 0 Å². The molecule has 0 bridgehead atoms. The molecule has 0 spiro atoms. The zero-order chi connectivity index (χ0) is 12.3. The number of halogens is 2. The maximum Gasteiger partial charge on any atom is 0.227 e. The van der Waals surface area contributed by atoms with Crippen molar-refractivity contribution >= 4 is 21.7 Å². The number of benzene rings is 1. The van der Waals surface area contributed by atoms with Gasteiger partial charge in [-0.25, -0.2) is 0 Å². The fourth-order valence-electron chi connectivity index (χ4n) is 1.58. The van der Waals surface area contributed by atoms with Gasteiger partial charge in [0.1, 0.15) is 0 Å². The summed E-state index contributed by atoms with van der Waals surface area (Å²) in [4.78, 5) is 12.0. The van der Waals surface area contributed by atoms with Crippen LogP contribution in [-0.4, -0.2) is 5.78 Å². The normalized spacial score (nSPS) is 9.67. The highest BCUT2D eigenvalue weighted by molar-refractivity contribution is 9.10. The lowest BCUT2D eigenvalue weighted by molar-refractivity contribution is -0.683. The van der Waals surface area contributed by atoms with Crippen LogP contribution in [0.25, 0.3) is 0 Å². The molecule has 0 amide bonds. The minimum absolute atomic E-state index is 0. The number of hydrogen-bond acceptors (Lipinski definition) is 1. The minimum Gasteiger partial charge on any atom is -1.00 e. The van der Waals surface area contributed by atoms with E-state index in [0.717, 1.165) is 15.6 Å². The zero-order valence-electron chi connectivity index (χ0n) is 9.94. The molecule has 1 heterocycles. The predicted octanol–water partition coefficient (Wildman–Crippen LogP) is -0.0681. The van der Waals surface area contributed by atoms with Gasteiger partial charge in [0.15, 0.2) is 12.4 Å². The van der Waals surface area contributed by atoms with E-state index in [1.165, 1.54) is 0 Å². The number of pyridine rings is 1. The highest BCUT2D eigenvalue weighted by Gasteiger charge is 2.11. The van der Waals surface area contributed by atoms with Crippen LogP contribution in [0.3, 0.4) is 0 Å². The molecule has 0 aliphatic carbocycles. The van der Waals surface area contributed by atoms with Crippen molar-refractivity contribution in [3.8, 4) is 0 Å². The van der Waals surface area contributed by atoms with Crippen LogP contribution in [0.2, 0.25) is 0 Å². The average molecular weight is 371 g/mol. The van der Waals surface area contributed by atoms with Gasteiger partial charge in [-0.3, -0.25) is 4.79 Å². The maximum atomic E-state index is 12.0. The van der Waals surface area contributed by atoms with Gasteiger partial charge < -0.3 is 17.0 Å². The van der Waals surface area contributed by atoms with Crippen LogP contribution < -0.4 is 21.5 Å². The lowest BCUT2D eigenvalue weighted by Crippen LogP contribution is -3.00. The summed E-state index contributed by atoms with van der Waals surface area (Å²) >= 11 is 3.39. The second-order valence-corrected chi connectivity index (χ2v) is 4.90. The Morgan fingerprint density at radius 1 is 1.22 bits per heavy atom. The molecule has 0 aliphatic rings. The molecule has 0 N–H and O–H groups in total. The number of aromatic nitrogens is 1. The van der Waals surface area contributed by atoms with Gasteiger partial charge in [-0.1, -0.05) is 29.8 Å². The van der Waals surface area contributed by atoms with E-state index in [9.17, 15) is 4.79 Å². The van der Waals surface area contributed by atoms with E-state index in [0.29, 0.717) is 6.54 Å². The van der Waals surface area contributed by atoms with E-state index in [1.807, 2.05) is 60.3 Å². The summed E-state index contributed by atoms with van der Waals surface area (Å²) in [7, 11) is 0. The van der Waals surface area contributed by atoms with Gasteiger partial charge in [-0.05, 0) is 28.9 Å². The Bertz CT molecular complexity index is 538. The summed E-state index contributed by atoms with van der Waals surface area (Å²) in [6.45, 7) is 2.37. The van der Waals surface area contributed by atoms with Gasteiger partial charge in [-0.15, -0.1) is 0 Å². The lowest BCUT2D eigenvalue weighted by Gasteiger charge is -1.99. The molecular weight excluding hydrogens is 358 g/mol. The number of carbonyl (C=O) groups excluding carboxylic acids is 1. The highest BCUT2D eigenvalue weighted by Crippen LogP contribution is 2.06. The third-order valence-corrected chi connectivity index (χ3v) is 2.99. The smallest absolute Gasteiger partial charge is 0.227 e. The minimum atomic E-state index is 0. The molecule has 2 nitrogen and oxygen atoms in total. The SMILES string of the molecule is Cc1ccc(C(=O)C[n+]2cccc(Br)c2)cc1.[Br-]. The quantitative estimate of drug-likeness (QED) is 0.547. The van der Waals surface area contributed by atoms with Crippen molar-refractivity contribution < 1.29 is 26.3 Å². The largest absolute Gasteiger partial charge is 1.00 e. The summed E-state index contributed by atoms with van der Waals surface area (Å²) in [6.07, 6.45) is 3.78. The van der Waals surface area contributed by atoms with E-state index in [-0.39, 0.29) is 22.8 Å². The van der Waals surface area contributed by atoms with Gasteiger partial charge in [0.05, 0.1) is 4.47 Å². The Labute approximate surface area is 126 Å². The molecule has 2 rings (SSSR count). The summed E-state index contributed by atoms with van der Waals surface area (Å²) in [5.74, 6) is 0.119. The third kappa shape index (κ3) is 4.03. The fraction of sp³-hybridized carbons (Fsp3) is 0.143. The van der Waals surface area contributed by atoms with E-state index in [2.05, 4.69) is 15.9 Å². The van der Waals surface area contributed by atoms with Crippen LogP contribution in [0.4, 0.5) is 0 Å². The van der Waals surface area contributed by atoms with Crippen molar-refractivity contribution in [3.63, 3.8) is 0 Å². The second kappa shape index (κ2) is 6.81. The van der Waals surface area contributed by atoms with Crippen molar-refractivity contribution in [2.45, 2.75) is 13.5 Å². The van der Waals surface area contributed by atoms with Crippen LogP contribution in [0.1, 0.15) is 15.9 Å². The monoisotopic (exact) mass is 369 g/mol. The second-order valence-electron chi connectivity index (χ2n) is 3.98. The Balaban J connectivity index is 0.00000162. The van der Waals surface area contributed by atoms with Crippen LogP contribution in [0, 0.1) is 6.92 Å². The Morgan fingerprint density at radius 2 is 1.89 bits per heavy atom. The van der Waals surface area contributed by atoms with E-state index >= 15 is 0 Å². The number of aryl methyl sites for hydroxylation is 1. The fourth-order valence-corrected chi connectivity index (χ4v) is 2.00. The van der Waals surface area contributed by atoms with Crippen LogP contribution in [0.5, 0.6) is 0 Å². The molecule has 94 valence electrons. The summed E-state index contributed by atoms with van der Waals surface area (Å²) < 4.78 is 2.84. The first-order valence-corrected chi connectivity index (χ1v) is 6.19. The molecule has 0 unspecified atom stereocenters. The lowest BCUT2D eigenvalue weighted by atomic mass is 10.1. The molecule has 2 aromatic rings. The summed E-state index contributed by atoms with van der Waals surface area (Å²) in [5.41, 5.74) is 1.92. The maximum absolute atomic E-state index is 12.0. The molecular formula is C14H13Br2NO. The van der Waals surface area contributed by atoms with E-state index in [1.54, 1.807) is 0 Å². The van der Waals surface area contributed by atoms with E-state index < -0.39 is 0 Å². The molecule has 0 saturated heterocycles. The summed E-state index contributed by atoms with van der Waals surface area (Å²) in [6, 6.07) is 11.5. The Hall–Kier alpha value is -1.000. The average Bonchev–Trinajstić information content (AvgIpc) is 2.29. The first kappa shape index (κ1) is 15.1. The first-order valence-electron chi connectivity index (χ1n) is 5.39. The number of ketones is 1. The molecule has 1 aromatic carbocycles. The van der Waals surface area contributed by atoms with E-state index in [4.69, 9.17) is 0 Å². The van der Waals surface area contributed by atoms with Crippen molar-refractivity contribution in [2.75, 3.05) is 0 Å². The standard InChI is InChI=1S/C14H13BrNO.BrH/c1-11-4-6-12(7-5-11)14(17)10-16-8-2-3-13(15)9-16;/h2-9H,10H2,1H3;1H/q+1;/p-1. The van der Waals surface area contributed by atoms with Crippen LogP contribution >= 0.6 is 15.9 Å². The van der Waals surface area contributed by atoms with Crippen molar-refractivity contribution in [1.82, 2.24) is 0 Å². The molecule has 0 saturated carbocycles. The third-order valence-electron chi connectivity index (χ3n) is 2.52. The van der Waals surface area contributed by atoms with Gasteiger partial charge in [0, 0.05) is 11.6 Å². The molecule has 0 atom stereocenters. The van der Waals surface area contributed by atoms with Gasteiger partial charge in [-0.2, -0.15) is 4.57 Å². The number of nitrogens with zero attached hydrogens (tertiary/aromatic N) is 1. The molecule has 0 fully saturated rings.